The van der Waals surface area contributed by atoms with Crippen LogP contribution in [0.3, 0.4) is 0 Å². The number of anilines is 2. The first kappa shape index (κ1) is 21.8. The molecule has 5 rings (SSSR count). The van der Waals surface area contributed by atoms with Crippen molar-refractivity contribution in [2.45, 2.75) is 19.8 Å². The summed E-state index contributed by atoms with van der Waals surface area (Å²) in [4.78, 5) is 30.9. The summed E-state index contributed by atoms with van der Waals surface area (Å²) < 4.78 is 7.77. The third-order valence-electron chi connectivity index (χ3n) is 5.72. The standard InChI is InChI=1S/C23H22N6O4S/c1-14-11-21(28(26-14)23-24-17-7-6-16(33-2)13-20(17)34-23)25-22(30)15-5-8-18(19(12-15)29(31)32)27-9-3-4-10-27/h5-8,11-13H,3-4,9-10H2,1-2H3,(H,25,30). The van der Waals surface area contributed by atoms with Crippen molar-refractivity contribution in [3.05, 3.63) is 63.8 Å². The molecule has 3 heterocycles. The predicted molar refractivity (Wildman–Crippen MR) is 131 cm³/mol. The van der Waals surface area contributed by atoms with Gasteiger partial charge in [-0.25, -0.2) is 4.98 Å². The minimum absolute atomic E-state index is 0.0700. The molecule has 34 heavy (non-hydrogen) atoms. The molecule has 1 aliphatic rings. The van der Waals surface area contributed by atoms with Gasteiger partial charge < -0.3 is 15.0 Å². The van der Waals surface area contributed by atoms with E-state index in [0.717, 1.165) is 41.9 Å². The van der Waals surface area contributed by atoms with Crippen molar-refractivity contribution < 1.29 is 14.5 Å². The van der Waals surface area contributed by atoms with E-state index < -0.39 is 10.8 Å². The van der Waals surface area contributed by atoms with Crippen LogP contribution in [0.1, 0.15) is 28.9 Å². The lowest BCUT2D eigenvalue weighted by Crippen LogP contribution is -2.20. The van der Waals surface area contributed by atoms with E-state index in [0.29, 0.717) is 22.3 Å². The average Bonchev–Trinajstić information content (AvgIpc) is 3.57. The Bertz CT molecular complexity index is 1410. The van der Waals surface area contributed by atoms with Crippen LogP contribution in [0.15, 0.2) is 42.5 Å². The summed E-state index contributed by atoms with van der Waals surface area (Å²) in [5, 5.41) is 19.6. The normalized spacial score (nSPS) is 13.4. The van der Waals surface area contributed by atoms with E-state index in [4.69, 9.17) is 4.74 Å². The maximum Gasteiger partial charge on any atom is 0.293 e. The summed E-state index contributed by atoms with van der Waals surface area (Å²) in [7, 11) is 1.61. The highest BCUT2D eigenvalue weighted by atomic mass is 32.1. The Morgan fingerprint density at radius 1 is 1.18 bits per heavy atom. The number of nitrogens with one attached hydrogen (secondary N) is 1. The zero-order chi connectivity index (χ0) is 23.8. The molecular weight excluding hydrogens is 456 g/mol. The van der Waals surface area contributed by atoms with Crippen LogP contribution in [-0.2, 0) is 0 Å². The van der Waals surface area contributed by atoms with Crippen LogP contribution in [0.5, 0.6) is 5.75 Å². The number of ether oxygens (including phenoxy) is 1. The Labute approximate surface area is 198 Å². The summed E-state index contributed by atoms with van der Waals surface area (Å²) in [6.07, 6.45) is 2.00. The molecule has 0 atom stereocenters. The largest absolute Gasteiger partial charge is 0.497 e. The molecule has 0 spiro atoms. The maximum atomic E-state index is 13.0. The fourth-order valence-electron chi connectivity index (χ4n) is 4.07. The topological polar surface area (TPSA) is 115 Å². The second kappa shape index (κ2) is 8.75. The Hall–Kier alpha value is -3.99. The third kappa shape index (κ3) is 4.05. The number of hydrogen-bond acceptors (Lipinski definition) is 8. The zero-order valence-electron chi connectivity index (χ0n) is 18.6. The van der Waals surface area contributed by atoms with Crippen LogP contribution in [0, 0.1) is 17.0 Å². The SMILES string of the molecule is COc1ccc2nc(-n3nc(C)cc3NC(=O)c3ccc(N4CCCC4)c([N+](=O)[O-])c3)sc2c1. The van der Waals surface area contributed by atoms with Gasteiger partial charge in [0.2, 0.25) is 5.13 Å². The molecule has 10 nitrogen and oxygen atoms in total. The second-order valence-electron chi connectivity index (χ2n) is 8.02. The monoisotopic (exact) mass is 478 g/mol. The number of hydrogen-bond donors (Lipinski definition) is 1. The molecule has 1 saturated heterocycles. The van der Waals surface area contributed by atoms with E-state index in [2.05, 4.69) is 15.4 Å². The average molecular weight is 479 g/mol. The number of fused-ring (bicyclic) bond motifs is 1. The van der Waals surface area contributed by atoms with E-state index in [9.17, 15) is 14.9 Å². The highest BCUT2D eigenvalue weighted by molar-refractivity contribution is 7.20. The lowest BCUT2D eigenvalue weighted by atomic mass is 10.1. The van der Waals surface area contributed by atoms with E-state index in [-0.39, 0.29) is 11.3 Å². The number of nitro benzene ring substituents is 1. The smallest absolute Gasteiger partial charge is 0.293 e. The summed E-state index contributed by atoms with van der Waals surface area (Å²) in [5.41, 5.74) is 2.17. The van der Waals surface area contributed by atoms with E-state index in [1.165, 1.54) is 17.4 Å². The quantitative estimate of drug-likeness (QED) is 0.319. The fraction of sp³-hybridized carbons (Fsp3) is 0.261. The van der Waals surface area contributed by atoms with Crippen molar-refractivity contribution in [2.75, 3.05) is 30.4 Å². The first-order valence-corrected chi connectivity index (χ1v) is 11.6. The molecule has 174 valence electrons. The van der Waals surface area contributed by atoms with Crippen molar-refractivity contribution in [2.24, 2.45) is 0 Å². The molecule has 2 aromatic heterocycles. The Kier molecular flexibility index (Phi) is 5.62. The summed E-state index contributed by atoms with van der Waals surface area (Å²) >= 11 is 1.42. The zero-order valence-corrected chi connectivity index (χ0v) is 19.5. The molecular formula is C23H22N6O4S. The van der Waals surface area contributed by atoms with Crippen molar-refractivity contribution in [1.82, 2.24) is 14.8 Å². The predicted octanol–water partition coefficient (Wildman–Crippen LogP) is 4.56. The molecule has 4 aromatic rings. The second-order valence-corrected chi connectivity index (χ2v) is 9.03. The van der Waals surface area contributed by atoms with Gasteiger partial charge in [-0.1, -0.05) is 11.3 Å². The number of thiazole rings is 1. The number of nitro groups is 1. The molecule has 1 fully saturated rings. The number of amides is 1. The molecule has 0 bridgehead atoms. The van der Waals surface area contributed by atoms with Crippen LogP contribution in [0.25, 0.3) is 15.3 Å². The van der Waals surface area contributed by atoms with Gasteiger partial charge in [0.25, 0.3) is 11.6 Å². The number of methoxy groups -OCH3 is 1. The minimum atomic E-state index is -0.458. The molecule has 0 radical (unpaired) electrons. The van der Waals surface area contributed by atoms with Crippen LogP contribution in [0.2, 0.25) is 0 Å². The molecule has 0 saturated carbocycles. The summed E-state index contributed by atoms with van der Waals surface area (Å²) in [5.74, 6) is 0.701. The molecule has 0 aliphatic carbocycles. The van der Waals surface area contributed by atoms with Crippen LogP contribution >= 0.6 is 11.3 Å². The van der Waals surface area contributed by atoms with Crippen LogP contribution in [-0.4, -0.2) is 45.8 Å². The van der Waals surface area contributed by atoms with E-state index >= 15 is 0 Å². The van der Waals surface area contributed by atoms with Crippen LogP contribution in [0.4, 0.5) is 17.2 Å². The highest BCUT2D eigenvalue weighted by Gasteiger charge is 2.24. The van der Waals surface area contributed by atoms with Gasteiger partial charge in [-0.15, -0.1) is 0 Å². The maximum absolute atomic E-state index is 13.0. The highest BCUT2D eigenvalue weighted by Crippen LogP contribution is 2.33. The van der Waals surface area contributed by atoms with E-state index in [1.807, 2.05) is 30.0 Å². The van der Waals surface area contributed by atoms with Gasteiger partial charge in [0.05, 0.1) is 27.9 Å². The number of carbonyl (C=O) groups is 1. The lowest BCUT2D eigenvalue weighted by Gasteiger charge is -2.17. The molecule has 11 heteroatoms. The van der Waals surface area contributed by atoms with E-state index in [1.54, 1.807) is 30.0 Å². The number of carbonyl (C=O) groups excluding carboxylic acids is 1. The number of aromatic nitrogens is 3. The molecule has 0 unspecified atom stereocenters. The van der Waals surface area contributed by atoms with Gasteiger partial charge in [-0.3, -0.25) is 14.9 Å². The molecule has 1 aliphatic heterocycles. The Morgan fingerprint density at radius 2 is 1.97 bits per heavy atom. The van der Waals surface area contributed by atoms with Crippen molar-refractivity contribution in [1.29, 1.82) is 0 Å². The van der Waals surface area contributed by atoms with Gasteiger partial charge in [0.15, 0.2) is 0 Å². The van der Waals surface area contributed by atoms with Crippen LogP contribution < -0.4 is 15.0 Å². The summed E-state index contributed by atoms with van der Waals surface area (Å²) in [6, 6.07) is 11.9. The Morgan fingerprint density at radius 3 is 2.71 bits per heavy atom. The molecule has 1 amide bonds. The Balaban J connectivity index is 1.45. The van der Waals surface area contributed by atoms with Gasteiger partial charge in [0.1, 0.15) is 17.3 Å². The first-order valence-electron chi connectivity index (χ1n) is 10.8. The fourth-order valence-corrected chi connectivity index (χ4v) is 5.03. The van der Waals surface area contributed by atoms with Gasteiger partial charge in [0, 0.05) is 30.8 Å². The minimum Gasteiger partial charge on any atom is -0.497 e. The van der Waals surface area contributed by atoms with Gasteiger partial charge in [-0.05, 0) is 50.1 Å². The van der Waals surface area contributed by atoms with Gasteiger partial charge in [-0.2, -0.15) is 9.78 Å². The van der Waals surface area contributed by atoms with Crippen molar-refractivity contribution >= 4 is 44.7 Å². The number of nitrogens with zero attached hydrogens (tertiary/aromatic N) is 5. The van der Waals surface area contributed by atoms with Crippen molar-refractivity contribution in [3.8, 4) is 10.9 Å². The van der Waals surface area contributed by atoms with Gasteiger partial charge >= 0.3 is 0 Å². The first-order chi connectivity index (χ1) is 16.4. The number of aryl methyl sites for hydroxylation is 1. The summed E-state index contributed by atoms with van der Waals surface area (Å²) in [6.45, 7) is 3.37. The molecule has 1 N–H and O–H groups in total. The molecule has 2 aromatic carbocycles. The number of rotatable bonds is 6. The number of benzene rings is 2. The van der Waals surface area contributed by atoms with Crippen molar-refractivity contribution in [3.63, 3.8) is 0 Å². The third-order valence-corrected chi connectivity index (χ3v) is 6.71. The lowest BCUT2D eigenvalue weighted by molar-refractivity contribution is -0.384.